The Hall–Kier alpha value is -0.900. The van der Waals surface area contributed by atoms with Crippen LogP contribution in [0, 0.1) is 6.92 Å². The highest BCUT2D eigenvalue weighted by Gasteiger charge is 2.07. The number of pyridine rings is 1. The van der Waals surface area contributed by atoms with E-state index in [-0.39, 0.29) is 5.91 Å². The Bertz CT molecular complexity index is 312. The summed E-state index contributed by atoms with van der Waals surface area (Å²) in [4.78, 5) is 15.3. The van der Waals surface area contributed by atoms with Crippen LogP contribution in [-0.4, -0.2) is 17.9 Å². The van der Waals surface area contributed by atoms with Gasteiger partial charge >= 0.3 is 0 Å². The van der Waals surface area contributed by atoms with Crippen molar-refractivity contribution in [3.63, 3.8) is 0 Å². The van der Waals surface area contributed by atoms with Crippen molar-refractivity contribution in [2.24, 2.45) is 0 Å². The van der Waals surface area contributed by atoms with Crippen LogP contribution >= 0.6 is 15.9 Å². The maximum atomic E-state index is 11.2. The van der Waals surface area contributed by atoms with Gasteiger partial charge < -0.3 is 5.32 Å². The van der Waals surface area contributed by atoms with Crippen molar-refractivity contribution < 1.29 is 4.79 Å². The van der Waals surface area contributed by atoms with Crippen LogP contribution in [0.2, 0.25) is 0 Å². The molecule has 0 unspecified atom stereocenters. The summed E-state index contributed by atoms with van der Waals surface area (Å²) in [6.45, 7) is 1.80. The Morgan fingerprint density at radius 2 is 2.25 bits per heavy atom. The summed E-state index contributed by atoms with van der Waals surface area (Å²) in [5.74, 6) is -0.104. The molecule has 0 fully saturated rings. The van der Waals surface area contributed by atoms with Gasteiger partial charge in [0, 0.05) is 7.05 Å². The normalized spacial score (nSPS) is 9.58. The van der Waals surface area contributed by atoms with Crippen molar-refractivity contribution in [3.8, 4) is 0 Å². The molecule has 0 aromatic carbocycles. The summed E-state index contributed by atoms with van der Waals surface area (Å²) in [6, 6.07) is 3.49. The standard InChI is InChI=1S/C8H9BrN2O/c1-5-6(8(12)10-2)3-4-7(9)11-5/h3-4H,1-2H3,(H,10,12). The van der Waals surface area contributed by atoms with Crippen molar-refractivity contribution in [2.45, 2.75) is 6.92 Å². The van der Waals surface area contributed by atoms with Crippen molar-refractivity contribution in [2.75, 3.05) is 7.05 Å². The van der Waals surface area contributed by atoms with Crippen LogP contribution in [0.25, 0.3) is 0 Å². The first-order chi connectivity index (χ1) is 5.65. The summed E-state index contributed by atoms with van der Waals surface area (Å²) < 4.78 is 0.743. The van der Waals surface area contributed by atoms with Gasteiger partial charge in [0.2, 0.25) is 0 Å². The molecular weight excluding hydrogens is 220 g/mol. The first-order valence-corrected chi connectivity index (χ1v) is 4.29. The lowest BCUT2D eigenvalue weighted by molar-refractivity contribution is 0.0962. The van der Waals surface area contributed by atoms with Crippen LogP contribution in [0.15, 0.2) is 16.7 Å². The number of hydrogen-bond acceptors (Lipinski definition) is 2. The van der Waals surface area contributed by atoms with Crippen molar-refractivity contribution in [1.82, 2.24) is 10.3 Å². The molecule has 1 N–H and O–H groups in total. The summed E-state index contributed by atoms with van der Waals surface area (Å²) >= 11 is 3.22. The van der Waals surface area contributed by atoms with Crippen molar-refractivity contribution in [3.05, 3.63) is 28.0 Å². The molecule has 0 bridgehead atoms. The monoisotopic (exact) mass is 228 g/mol. The fraction of sp³-hybridized carbons (Fsp3) is 0.250. The van der Waals surface area contributed by atoms with Gasteiger partial charge in [-0.15, -0.1) is 0 Å². The maximum absolute atomic E-state index is 11.2. The molecule has 64 valence electrons. The molecule has 12 heavy (non-hydrogen) atoms. The number of nitrogens with zero attached hydrogens (tertiary/aromatic N) is 1. The Kier molecular flexibility index (Phi) is 2.81. The number of hydrogen-bond donors (Lipinski definition) is 1. The minimum atomic E-state index is -0.104. The third kappa shape index (κ3) is 1.82. The molecule has 0 saturated carbocycles. The maximum Gasteiger partial charge on any atom is 0.252 e. The molecule has 0 aliphatic carbocycles. The predicted molar refractivity (Wildman–Crippen MR) is 50.1 cm³/mol. The molecule has 0 radical (unpaired) electrons. The Morgan fingerprint density at radius 1 is 1.58 bits per heavy atom. The lowest BCUT2D eigenvalue weighted by Gasteiger charge is -2.02. The second-order valence-corrected chi connectivity index (χ2v) is 3.16. The highest BCUT2D eigenvalue weighted by Crippen LogP contribution is 2.10. The van der Waals surface area contributed by atoms with Crippen LogP contribution in [0.5, 0.6) is 0 Å². The van der Waals surface area contributed by atoms with E-state index >= 15 is 0 Å². The number of amides is 1. The zero-order valence-corrected chi connectivity index (χ0v) is 8.47. The summed E-state index contributed by atoms with van der Waals surface area (Å²) in [5.41, 5.74) is 1.34. The molecule has 3 nitrogen and oxygen atoms in total. The van der Waals surface area contributed by atoms with Gasteiger partial charge in [0.05, 0.1) is 11.3 Å². The second-order valence-electron chi connectivity index (χ2n) is 2.35. The first-order valence-electron chi connectivity index (χ1n) is 3.50. The number of carbonyl (C=O) groups is 1. The van der Waals surface area contributed by atoms with E-state index in [1.54, 1.807) is 26.1 Å². The van der Waals surface area contributed by atoms with Gasteiger partial charge in [-0.25, -0.2) is 4.98 Å². The quantitative estimate of drug-likeness (QED) is 0.741. The van der Waals surface area contributed by atoms with E-state index in [0.29, 0.717) is 5.56 Å². The van der Waals surface area contributed by atoms with Gasteiger partial charge in [0.1, 0.15) is 4.60 Å². The Balaban J connectivity index is 3.09. The van der Waals surface area contributed by atoms with Crippen LogP contribution < -0.4 is 5.32 Å². The van der Waals surface area contributed by atoms with Crippen molar-refractivity contribution in [1.29, 1.82) is 0 Å². The summed E-state index contributed by atoms with van der Waals surface area (Å²) in [6.07, 6.45) is 0. The zero-order chi connectivity index (χ0) is 9.14. The number of aromatic nitrogens is 1. The van der Waals surface area contributed by atoms with Gasteiger partial charge in [0.25, 0.3) is 5.91 Å². The molecular formula is C8H9BrN2O. The molecule has 0 spiro atoms. The average Bonchev–Trinajstić information content (AvgIpc) is 2.03. The average molecular weight is 229 g/mol. The topological polar surface area (TPSA) is 42.0 Å². The highest BCUT2D eigenvalue weighted by atomic mass is 79.9. The summed E-state index contributed by atoms with van der Waals surface area (Å²) in [5, 5.41) is 2.55. The van der Waals surface area contributed by atoms with Crippen LogP contribution in [0.3, 0.4) is 0 Å². The molecule has 1 aromatic heterocycles. The first kappa shape index (κ1) is 9.19. The molecule has 0 aliphatic heterocycles. The zero-order valence-electron chi connectivity index (χ0n) is 6.89. The lowest BCUT2D eigenvalue weighted by Crippen LogP contribution is -2.19. The molecule has 1 aromatic rings. The van der Waals surface area contributed by atoms with E-state index in [1.165, 1.54) is 0 Å². The van der Waals surface area contributed by atoms with Gasteiger partial charge in [-0.1, -0.05) is 0 Å². The van der Waals surface area contributed by atoms with Gasteiger partial charge in [0.15, 0.2) is 0 Å². The second kappa shape index (κ2) is 3.67. The van der Waals surface area contributed by atoms with E-state index in [0.717, 1.165) is 10.3 Å². The molecule has 1 heterocycles. The van der Waals surface area contributed by atoms with Gasteiger partial charge in [-0.05, 0) is 35.0 Å². The fourth-order valence-electron chi connectivity index (χ4n) is 0.905. The lowest BCUT2D eigenvalue weighted by atomic mass is 10.2. The number of nitrogens with one attached hydrogen (secondary N) is 1. The van der Waals surface area contributed by atoms with E-state index in [2.05, 4.69) is 26.2 Å². The van der Waals surface area contributed by atoms with E-state index < -0.39 is 0 Å². The highest BCUT2D eigenvalue weighted by molar-refractivity contribution is 9.10. The minimum absolute atomic E-state index is 0.104. The molecule has 1 amide bonds. The number of halogens is 1. The van der Waals surface area contributed by atoms with Gasteiger partial charge in [-0.3, -0.25) is 4.79 Å². The fourth-order valence-corrected chi connectivity index (χ4v) is 1.30. The Labute approximate surface area is 79.3 Å². The van der Waals surface area contributed by atoms with Gasteiger partial charge in [-0.2, -0.15) is 0 Å². The summed E-state index contributed by atoms with van der Waals surface area (Å²) in [7, 11) is 1.60. The van der Waals surface area contributed by atoms with E-state index in [9.17, 15) is 4.79 Å². The molecule has 0 saturated heterocycles. The molecule has 1 rings (SSSR count). The third-order valence-electron chi connectivity index (χ3n) is 1.52. The SMILES string of the molecule is CNC(=O)c1ccc(Br)nc1C. The molecule has 0 atom stereocenters. The number of aryl methyl sites for hydroxylation is 1. The molecule has 0 aliphatic rings. The van der Waals surface area contributed by atoms with Crippen LogP contribution in [0.1, 0.15) is 16.1 Å². The number of carbonyl (C=O) groups excluding carboxylic acids is 1. The van der Waals surface area contributed by atoms with E-state index in [1.807, 2.05) is 0 Å². The predicted octanol–water partition coefficient (Wildman–Crippen LogP) is 1.51. The van der Waals surface area contributed by atoms with E-state index in [4.69, 9.17) is 0 Å². The van der Waals surface area contributed by atoms with Crippen LogP contribution in [-0.2, 0) is 0 Å². The molecule has 4 heteroatoms. The third-order valence-corrected chi connectivity index (χ3v) is 1.97. The smallest absolute Gasteiger partial charge is 0.252 e. The Morgan fingerprint density at radius 3 is 2.75 bits per heavy atom. The van der Waals surface area contributed by atoms with Crippen LogP contribution in [0.4, 0.5) is 0 Å². The van der Waals surface area contributed by atoms with Crippen molar-refractivity contribution >= 4 is 21.8 Å². The minimum Gasteiger partial charge on any atom is -0.355 e. The largest absolute Gasteiger partial charge is 0.355 e. The number of rotatable bonds is 1.